The summed E-state index contributed by atoms with van der Waals surface area (Å²) in [4.78, 5) is 10.3. The molecule has 1 aromatic rings. The molecule has 0 atom stereocenters. The normalized spacial score (nSPS) is 11.7. The number of carboxylic acids is 1. The smallest absolute Gasteiger partial charge is 0.315 e. The molecule has 2 heteroatoms. The van der Waals surface area contributed by atoms with Gasteiger partial charge in [-0.15, -0.1) is 0 Å². The average molecular weight is 198 g/mol. The highest BCUT2D eigenvalue weighted by Crippen LogP contribution is 2.22. The molecule has 0 heterocycles. The summed E-state index contributed by atoms with van der Waals surface area (Å²) in [6.45, 7) is 0. The van der Waals surface area contributed by atoms with Gasteiger partial charge in [-0.1, -0.05) is 36.1 Å². The molecular formula is C13H10O2. The summed E-state index contributed by atoms with van der Waals surface area (Å²) >= 11 is 0. The van der Waals surface area contributed by atoms with E-state index in [-0.39, 0.29) is 6.42 Å². The van der Waals surface area contributed by atoms with Crippen LogP contribution in [0.25, 0.3) is 6.08 Å². The quantitative estimate of drug-likeness (QED) is 0.701. The van der Waals surface area contributed by atoms with Gasteiger partial charge in [0.2, 0.25) is 0 Å². The van der Waals surface area contributed by atoms with E-state index >= 15 is 0 Å². The Morgan fingerprint density at radius 2 is 2.33 bits per heavy atom. The Bertz CT molecular complexity index is 487. The number of carbonyl (C=O) groups is 1. The largest absolute Gasteiger partial charge is 0.481 e. The van der Waals surface area contributed by atoms with Crippen molar-refractivity contribution in [2.24, 2.45) is 0 Å². The molecule has 0 bridgehead atoms. The molecule has 1 aromatic carbocycles. The Morgan fingerprint density at radius 1 is 1.47 bits per heavy atom. The fourth-order valence-electron chi connectivity index (χ4n) is 1.62. The van der Waals surface area contributed by atoms with Gasteiger partial charge in [0.1, 0.15) is 6.42 Å². The van der Waals surface area contributed by atoms with E-state index in [0.717, 1.165) is 12.0 Å². The summed E-state index contributed by atoms with van der Waals surface area (Å²) in [5.41, 5.74) is 3.34. The summed E-state index contributed by atoms with van der Waals surface area (Å²) in [6.07, 6.45) is 4.95. The van der Waals surface area contributed by atoms with E-state index in [2.05, 4.69) is 24.0 Å². The molecule has 1 N–H and O–H groups in total. The minimum atomic E-state index is -0.881. The second-order valence-electron chi connectivity index (χ2n) is 3.35. The lowest BCUT2D eigenvalue weighted by Crippen LogP contribution is -1.91. The van der Waals surface area contributed by atoms with Gasteiger partial charge in [0.15, 0.2) is 0 Å². The van der Waals surface area contributed by atoms with Gasteiger partial charge in [0.05, 0.1) is 0 Å². The Morgan fingerprint density at radius 3 is 3.13 bits per heavy atom. The fraction of sp³-hybridized carbons (Fsp3) is 0.154. The number of carboxylic acid groups (broad SMARTS) is 1. The third-order valence-corrected chi connectivity index (χ3v) is 2.29. The molecule has 0 amide bonds. The molecule has 0 fully saturated rings. The lowest BCUT2D eigenvalue weighted by molar-refractivity contribution is -0.135. The van der Waals surface area contributed by atoms with Crippen LogP contribution in [-0.2, 0) is 11.2 Å². The average Bonchev–Trinajstić information content (AvgIpc) is 2.65. The van der Waals surface area contributed by atoms with E-state index in [4.69, 9.17) is 5.11 Å². The van der Waals surface area contributed by atoms with Crippen LogP contribution in [0, 0.1) is 11.8 Å². The van der Waals surface area contributed by atoms with Crippen LogP contribution < -0.4 is 0 Å². The Hall–Kier alpha value is -2.01. The number of hydrogen-bond donors (Lipinski definition) is 1. The van der Waals surface area contributed by atoms with Crippen molar-refractivity contribution in [3.05, 3.63) is 41.0 Å². The highest BCUT2D eigenvalue weighted by molar-refractivity contribution is 5.70. The van der Waals surface area contributed by atoms with Gasteiger partial charge in [-0.05, 0) is 23.6 Å². The Labute approximate surface area is 88.2 Å². The molecule has 0 aliphatic heterocycles. The number of hydrogen-bond acceptors (Lipinski definition) is 1. The Kier molecular flexibility index (Phi) is 2.55. The van der Waals surface area contributed by atoms with Crippen molar-refractivity contribution in [1.29, 1.82) is 0 Å². The summed E-state index contributed by atoms with van der Waals surface area (Å²) in [7, 11) is 0. The number of aliphatic carboxylic acids is 1. The zero-order valence-corrected chi connectivity index (χ0v) is 8.16. The van der Waals surface area contributed by atoms with Gasteiger partial charge in [-0.3, -0.25) is 4.79 Å². The fourth-order valence-corrected chi connectivity index (χ4v) is 1.62. The summed E-state index contributed by atoms with van der Waals surface area (Å²) < 4.78 is 0. The molecule has 0 unspecified atom stereocenters. The molecule has 0 saturated heterocycles. The standard InChI is InChI=1S/C13H10O2/c14-13(15)9-3-7-11-5-1-4-10-6-2-8-12(10)11/h1-2,4-6H,8-9H2,(H,14,15). The van der Waals surface area contributed by atoms with E-state index in [1.165, 1.54) is 11.1 Å². The second kappa shape index (κ2) is 4.02. The van der Waals surface area contributed by atoms with Crippen LogP contribution in [0.2, 0.25) is 0 Å². The minimum absolute atomic E-state index is 0.100. The molecule has 1 aliphatic carbocycles. The second-order valence-corrected chi connectivity index (χ2v) is 3.35. The Balaban J connectivity index is 2.26. The predicted molar refractivity (Wildman–Crippen MR) is 58.3 cm³/mol. The zero-order chi connectivity index (χ0) is 10.7. The predicted octanol–water partition coefficient (Wildman–Crippen LogP) is 2.08. The monoisotopic (exact) mass is 198 g/mol. The van der Waals surface area contributed by atoms with Crippen LogP contribution in [0.3, 0.4) is 0 Å². The van der Waals surface area contributed by atoms with E-state index in [1.807, 2.05) is 18.2 Å². The summed E-state index contributed by atoms with van der Waals surface area (Å²) in [5, 5.41) is 8.47. The number of fused-ring (bicyclic) bond motifs is 1. The molecule has 15 heavy (non-hydrogen) atoms. The lowest BCUT2D eigenvalue weighted by Gasteiger charge is -2.00. The molecular weight excluding hydrogens is 188 g/mol. The lowest BCUT2D eigenvalue weighted by atomic mass is 10.0. The van der Waals surface area contributed by atoms with Crippen LogP contribution >= 0.6 is 0 Å². The van der Waals surface area contributed by atoms with Crippen molar-refractivity contribution in [2.75, 3.05) is 0 Å². The minimum Gasteiger partial charge on any atom is -0.481 e. The van der Waals surface area contributed by atoms with Crippen molar-refractivity contribution >= 4 is 12.0 Å². The molecule has 2 rings (SSSR count). The first-order valence-electron chi connectivity index (χ1n) is 4.76. The molecule has 1 aliphatic rings. The van der Waals surface area contributed by atoms with Gasteiger partial charge >= 0.3 is 5.97 Å². The number of allylic oxidation sites excluding steroid dienone is 1. The van der Waals surface area contributed by atoms with E-state index in [0.29, 0.717) is 0 Å². The molecule has 74 valence electrons. The molecule has 0 saturated carbocycles. The van der Waals surface area contributed by atoms with Crippen LogP contribution in [0.15, 0.2) is 24.3 Å². The maximum Gasteiger partial charge on any atom is 0.315 e. The number of benzene rings is 1. The van der Waals surface area contributed by atoms with E-state index in [1.54, 1.807) is 0 Å². The van der Waals surface area contributed by atoms with Crippen LogP contribution in [0.1, 0.15) is 23.1 Å². The van der Waals surface area contributed by atoms with Crippen molar-refractivity contribution in [1.82, 2.24) is 0 Å². The van der Waals surface area contributed by atoms with Crippen LogP contribution in [0.4, 0.5) is 0 Å². The maximum absolute atomic E-state index is 10.3. The summed E-state index contributed by atoms with van der Waals surface area (Å²) in [6, 6.07) is 5.92. The van der Waals surface area contributed by atoms with E-state index in [9.17, 15) is 4.79 Å². The van der Waals surface area contributed by atoms with Crippen molar-refractivity contribution in [2.45, 2.75) is 12.8 Å². The van der Waals surface area contributed by atoms with Gasteiger partial charge in [-0.2, -0.15) is 0 Å². The van der Waals surface area contributed by atoms with Gasteiger partial charge in [0, 0.05) is 5.56 Å². The maximum atomic E-state index is 10.3. The first kappa shape index (κ1) is 9.54. The third kappa shape index (κ3) is 2.08. The zero-order valence-electron chi connectivity index (χ0n) is 8.16. The highest BCUT2D eigenvalue weighted by atomic mass is 16.4. The van der Waals surface area contributed by atoms with Crippen LogP contribution in [-0.4, -0.2) is 11.1 Å². The molecule has 0 spiro atoms. The first-order chi connectivity index (χ1) is 7.27. The van der Waals surface area contributed by atoms with Crippen molar-refractivity contribution in [3.63, 3.8) is 0 Å². The SMILES string of the molecule is O=C(O)CC#Cc1cccc2c1CC=C2. The molecule has 2 nitrogen and oxygen atoms in total. The highest BCUT2D eigenvalue weighted by Gasteiger charge is 2.07. The molecule has 0 aromatic heterocycles. The summed E-state index contributed by atoms with van der Waals surface area (Å²) in [5.74, 6) is 4.68. The number of rotatable bonds is 1. The van der Waals surface area contributed by atoms with Gasteiger partial charge in [0.25, 0.3) is 0 Å². The van der Waals surface area contributed by atoms with Crippen LogP contribution in [0.5, 0.6) is 0 Å². The topological polar surface area (TPSA) is 37.3 Å². The third-order valence-electron chi connectivity index (χ3n) is 2.29. The van der Waals surface area contributed by atoms with Gasteiger partial charge < -0.3 is 5.11 Å². The molecule has 0 radical (unpaired) electrons. The van der Waals surface area contributed by atoms with E-state index < -0.39 is 5.97 Å². The van der Waals surface area contributed by atoms with Gasteiger partial charge in [-0.25, -0.2) is 0 Å². The van der Waals surface area contributed by atoms with Crippen molar-refractivity contribution < 1.29 is 9.90 Å². The first-order valence-corrected chi connectivity index (χ1v) is 4.76. The van der Waals surface area contributed by atoms with Crippen molar-refractivity contribution in [3.8, 4) is 11.8 Å².